The van der Waals surface area contributed by atoms with Gasteiger partial charge >= 0.3 is 0 Å². The molecule has 0 aliphatic carbocycles. The minimum atomic E-state index is -0.584. The number of aromatic hydroxyl groups is 1. The number of amides is 1. The van der Waals surface area contributed by atoms with Crippen LogP contribution in [0.2, 0.25) is 0 Å². The van der Waals surface area contributed by atoms with Crippen LogP contribution in [0.15, 0.2) is 53.1 Å². The lowest BCUT2D eigenvalue weighted by molar-refractivity contribution is -0.383. The highest BCUT2D eigenvalue weighted by Crippen LogP contribution is 2.34. The molecule has 0 radical (unpaired) electrons. The SMILES string of the molecule is O=C(NCC1CCCN(c2nc3ccccc3o2)C1)c1cc([N+](=O)[O-])c2cccnc2c1O. The summed E-state index contributed by atoms with van der Waals surface area (Å²) in [6.45, 7) is 1.81. The van der Waals surface area contributed by atoms with Crippen molar-refractivity contribution < 1.29 is 19.2 Å². The van der Waals surface area contributed by atoms with E-state index in [2.05, 4.69) is 20.2 Å². The quantitative estimate of drug-likeness (QED) is 0.350. The Morgan fingerprint density at radius 2 is 2.15 bits per heavy atom. The molecule has 0 saturated carbocycles. The molecule has 4 aromatic rings. The number of benzene rings is 2. The van der Waals surface area contributed by atoms with Crippen molar-refractivity contribution in [3.8, 4) is 5.75 Å². The van der Waals surface area contributed by atoms with Crippen LogP contribution >= 0.6 is 0 Å². The van der Waals surface area contributed by atoms with Crippen LogP contribution in [-0.2, 0) is 0 Å². The normalized spacial score (nSPS) is 16.2. The fourth-order valence-corrected chi connectivity index (χ4v) is 4.27. The highest BCUT2D eigenvalue weighted by atomic mass is 16.6. The molecule has 2 aromatic heterocycles. The van der Waals surface area contributed by atoms with E-state index in [4.69, 9.17) is 4.42 Å². The maximum atomic E-state index is 12.8. The predicted octanol–water partition coefficient (Wildman–Crippen LogP) is 3.64. The van der Waals surface area contributed by atoms with Gasteiger partial charge in [0.15, 0.2) is 11.3 Å². The molecule has 0 bridgehead atoms. The molecular formula is C23H21N5O5. The fraction of sp³-hybridized carbons (Fsp3) is 0.261. The van der Waals surface area contributed by atoms with Crippen LogP contribution in [0.3, 0.4) is 0 Å². The molecule has 2 N–H and O–H groups in total. The molecule has 1 aliphatic rings. The van der Waals surface area contributed by atoms with Gasteiger partial charge in [-0.25, -0.2) is 0 Å². The first-order chi connectivity index (χ1) is 16.0. The highest BCUT2D eigenvalue weighted by Gasteiger charge is 2.26. The van der Waals surface area contributed by atoms with Crippen LogP contribution in [0.5, 0.6) is 5.75 Å². The van der Waals surface area contributed by atoms with Gasteiger partial charge in [-0.1, -0.05) is 12.1 Å². The van der Waals surface area contributed by atoms with E-state index in [1.807, 2.05) is 24.3 Å². The molecule has 10 heteroatoms. The largest absolute Gasteiger partial charge is 0.505 e. The van der Waals surface area contributed by atoms with E-state index < -0.39 is 10.8 Å². The number of carbonyl (C=O) groups excluding carboxylic acids is 1. The van der Waals surface area contributed by atoms with Gasteiger partial charge in [0.25, 0.3) is 17.6 Å². The second kappa shape index (κ2) is 8.38. The van der Waals surface area contributed by atoms with E-state index in [1.165, 1.54) is 12.3 Å². The lowest BCUT2D eigenvalue weighted by atomic mass is 9.98. The maximum Gasteiger partial charge on any atom is 0.298 e. The molecule has 3 heterocycles. The lowest BCUT2D eigenvalue weighted by Gasteiger charge is -2.31. The molecular weight excluding hydrogens is 426 g/mol. The van der Waals surface area contributed by atoms with Crippen molar-refractivity contribution in [1.82, 2.24) is 15.3 Å². The summed E-state index contributed by atoms with van der Waals surface area (Å²) in [4.78, 5) is 34.4. The molecule has 1 atom stereocenters. The number of hydrogen-bond acceptors (Lipinski definition) is 8. The van der Waals surface area contributed by atoms with Crippen LogP contribution in [-0.4, -0.2) is 45.5 Å². The van der Waals surface area contributed by atoms with Crippen molar-refractivity contribution in [2.45, 2.75) is 12.8 Å². The van der Waals surface area contributed by atoms with Crippen LogP contribution in [0.1, 0.15) is 23.2 Å². The zero-order valence-corrected chi connectivity index (χ0v) is 17.6. The number of carbonyl (C=O) groups is 1. The number of hydrogen-bond donors (Lipinski definition) is 2. The van der Waals surface area contributed by atoms with Gasteiger partial charge in [0, 0.05) is 31.9 Å². The van der Waals surface area contributed by atoms with Gasteiger partial charge < -0.3 is 19.7 Å². The number of nitro benzene ring substituents is 1. The summed E-state index contributed by atoms with van der Waals surface area (Å²) in [6, 6.07) is 12.3. The number of rotatable bonds is 5. The van der Waals surface area contributed by atoms with E-state index in [9.17, 15) is 20.0 Å². The molecule has 0 spiro atoms. The van der Waals surface area contributed by atoms with Crippen LogP contribution in [0.4, 0.5) is 11.7 Å². The number of pyridine rings is 1. The molecule has 5 rings (SSSR count). The average Bonchev–Trinajstić information content (AvgIpc) is 3.27. The summed E-state index contributed by atoms with van der Waals surface area (Å²) in [7, 11) is 0. The molecule has 2 aromatic carbocycles. The van der Waals surface area contributed by atoms with Gasteiger partial charge in [-0.05, 0) is 43.0 Å². The summed E-state index contributed by atoms with van der Waals surface area (Å²) >= 11 is 0. The van der Waals surface area contributed by atoms with E-state index in [1.54, 1.807) is 6.07 Å². The van der Waals surface area contributed by atoms with Crippen molar-refractivity contribution in [3.63, 3.8) is 0 Å². The number of non-ortho nitro benzene ring substituents is 1. The number of fused-ring (bicyclic) bond motifs is 2. The number of aromatic nitrogens is 2. The van der Waals surface area contributed by atoms with Gasteiger partial charge in [-0.2, -0.15) is 4.98 Å². The summed E-state index contributed by atoms with van der Waals surface area (Å²) in [5, 5.41) is 25.0. The van der Waals surface area contributed by atoms with Gasteiger partial charge in [-0.3, -0.25) is 19.9 Å². The summed E-state index contributed by atoms with van der Waals surface area (Å²) < 4.78 is 5.87. The number of anilines is 1. The second-order valence-electron chi connectivity index (χ2n) is 8.08. The maximum absolute atomic E-state index is 12.8. The Balaban J connectivity index is 1.31. The third kappa shape index (κ3) is 3.91. The molecule has 33 heavy (non-hydrogen) atoms. The fourth-order valence-electron chi connectivity index (χ4n) is 4.27. The molecule has 1 saturated heterocycles. The van der Waals surface area contributed by atoms with Gasteiger partial charge in [0.2, 0.25) is 0 Å². The number of para-hydroxylation sites is 2. The number of phenols is 1. The number of nitrogens with one attached hydrogen (secondary N) is 1. The predicted molar refractivity (Wildman–Crippen MR) is 121 cm³/mol. The Bertz CT molecular complexity index is 1340. The smallest absolute Gasteiger partial charge is 0.298 e. The van der Waals surface area contributed by atoms with Crippen molar-refractivity contribution in [2.75, 3.05) is 24.5 Å². The lowest BCUT2D eigenvalue weighted by Crippen LogP contribution is -2.41. The minimum Gasteiger partial charge on any atom is -0.505 e. The van der Waals surface area contributed by atoms with Gasteiger partial charge in [-0.15, -0.1) is 0 Å². The van der Waals surface area contributed by atoms with Crippen LogP contribution in [0, 0.1) is 16.0 Å². The Morgan fingerprint density at radius 1 is 1.30 bits per heavy atom. The summed E-state index contributed by atoms with van der Waals surface area (Å²) in [5.74, 6) is -0.819. The Labute approximate surface area is 188 Å². The number of nitro groups is 1. The Hall–Kier alpha value is -4.21. The average molecular weight is 447 g/mol. The van der Waals surface area contributed by atoms with Crippen molar-refractivity contribution in [3.05, 3.63) is 64.3 Å². The van der Waals surface area contributed by atoms with Crippen molar-refractivity contribution >= 4 is 39.6 Å². The van der Waals surface area contributed by atoms with Gasteiger partial charge in [0.05, 0.1) is 15.9 Å². The van der Waals surface area contributed by atoms with Gasteiger partial charge in [0.1, 0.15) is 11.0 Å². The first kappa shape index (κ1) is 20.7. The standard InChI is InChI=1S/C23H21N5O5/c29-21-16(11-18(28(31)32)15-6-3-9-24-20(15)21)22(30)25-12-14-5-4-10-27(13-14)23-26-17-7-1-2-8-19(17)33-23/h1-3,6-9,11,14,29H,4-5,10,12-13H2,(H,25,30). The molecule has 168 valence electrons. The second-order valence-corrected chi connectivity index (χ2v) is 8.08. The Morgan fingerprint density at radius 3 is 2.97 bits per heavy atom. The summed E-state index contributed by atoms with van der Waals surface area (Å²) in [6.07, 6.45) is 3.23. The number of phenolic OH excluding ortho intramolecular Hbond substituents is 1. The minimum absolute atomic E-state index is 0.0247. The zero-order valence-electron chi connectivity index (χ0n) is 17.6. The summed E-state index contributed by atoms with van der Waals surface area (Å²) in [5.41, 5.74) is 1.10. The topological polar surface area (TPSA) is 135 Å². The van der Waals surface area contributed by atoms with E-state index in [0.29, 0.717) is 19.1 Å². The molecule has 1 aliphatic heterocycles. The third-order valence-corrected chi connectivity index (χ3v) is 5.91. The highest BCUT2D eigenvalue weighted by molar-refractivity contribution is 6.05. The van der Waals surface area contributed by atoms with Crippen molar-refractivity contribution in [1.29, 1.82) is 0 Å². The van der Waals surface area contributed by atoms with Crippen LogP contribution in [0.25, 0.3) is 22.0 Å². The number of piperidine rings is 1. The molecule has 1 fully saturated rings. The van der Waals surface area contributed by atoms with E-state index >= 15 is 0 Å². The molecule has 10 nitrogen and oxygen atoms in total. The first-order valence-corrected chi connectivity index (χ1v) is 10.6. The number of nitrogens with zero attached hydrogens (tertiary/aromatic N) is 4. The Kier molecular flexibility index (Phi) is 5.25. The van der Waals surface area contributed by atoms with E-state index in [-0.39, 0.29) is 33.8 Å². The first-order valence-electron chi connectivity index (χ1n) is 10.6. The van der Waals surface area contributed by atoms with Crippen LogP contribution < -0.4 is 10.2 Å². The van der Waals surface area contributed by atoms with E-state index in [0.717, 1.165) is 36.6 Å². The monoisotopic (exact) mass is 447 g/mol. The molecule has 1 unspecified atom stereocenters. The zero-order chi connectivity index (χ0) is 22.9. The van der Waals surface area contributed by atoms with Crippen molar-refractivity contribution in [2.24, 2.45) is 5.92 Å². The number of oxazole rings is 1. The molecule has 1 amide bonds. The third-order valence-electron chi connectivity index (χ3n) is 5.91.